The molecule has 82 valence electrons. The molecule has 0 aromatic carbocycles. The molecule has 4 aliphatic rings. The molecular formula is C15H22. The lowest BCUT2D eigenvalue weighted by Crippen LogP contribution is -2.30. The van der Waals surface area contributed by atoms with Crippen molar-refractivity contribution in [1.29, 1.82) is 0 Å². The molecule has 7 atom stereocenters. The molecule has 0 heteroatoms. The van der Waals surface area contributed by atoms with Gasteiger partial charge in [-0.15, -0.1) is 0 Å². The largest absolute Gasteiger partial charge is 0.0911 e. The molecule has 0 amide bonds. The normalized spacial score (nSPS) is 69.1. The van der Waals surface area contributed by atoms with Gasteiger partial charge in [0, 0.05) is 5.41 Å². The van der Waals surface area contributed by atoms with Gasteiger partial charge in [0.05, 0.1) is 0 Å². The van der Waals surface area contributed by atoms with E-state index in [1.165, 1.54) is 0 Å². The van der Waals surface area contributed by atoms with Crippen LogP contribution in [-0.4, -0.2) is 0 Å². The van der Waals surface area contributed by atoms with Gasteiger partial charge in [0.1, 0.15) is 0 Å². The molecule has 0 aromatic heterocycles. The predicted octanol–water partition coefficient (Wildman–Crippen LogP) is 3.88. The van der Waals surface area contributed by atoms with E-state index in [9.17, 15) is 0 Å². The fraction of sp³-hybridized carbons (Fsp3) is 0.867. The van der Waals surface area contributed by atoms with Gasteiger partial charge in [-0.25, -0.2) is 0 Å². The van der Waals surface area contributed by atoms with Gasteiger partial charge >= 0.3 is 0 Å². The molecule has 4 fully saturated rings. The molecule has 1 spiro atoms. The second kappa shape index (κ2) is 2.21. The molecule has 0 N–H and O–H groups in total. The van der Waals surface area contributed by atoms with Crippen molar-refractivity contribution in [2.45, 2.75) is 40.0 Å². The molecule has 4 aliphatic carbocycles. The molecule has 4 rings (SSSR count). The summed E-state index contributed by atoms with van der Waals surface area (Å²) in [6.45, 7) is 7.28. The number of rotatable bonds is 1. The van der Waals surface area contributed by atoms with Crippen LogP contribution in [0.5, 0.6) is 0 Å². The third-order valence-electron chi connectivity index (χ3n) is 7.07. The van der Waals surface area contributed by atoms with Crippen molar-refractivity contribution in [3.63, 3.8) is 0 Å². The second-order valence-corrected chi connectivity index (χ2v) is 6.68. The Hall–Kier alpha value is -0.260. The maximum absolute atomic E-state index is 2.62. The molecule has 7 unspecified atom stereocenters. The van der Waals surface area contributed by atoms with Gasteiger partial charge < -0.3 is 0 Å². The van der Waals surface area contributed by atoms with E-state index in [1.54, 1.807) is 19.3 Å². The third kappa shape index (κ3) is 0.568. The first-order valence-electron chi connectivity index (χ1n) is 6.85. The van der Waals surface area contributed by atoms with E-state index in [1.807, 2.05) is 0 Å². The Bertz CT molecular complexity index is 355. The fourth-order valence-corrected chi connectivity index (χ4v) is 6.74. The zero-order chi connectivity index (χ0) is 10.4. The molecular weight excluding hydrogens is 180 g/mol. The lowest BCUT2D eigenvalue weighted by Gasteiger charge is -2.35. The maximum Gasteiger partial charge on any atom is 0.000879 e. The first-order chi connectivity index (χ1) is 7.21. The average Bonchev–Trinajstić information content (AvgIpc) is 2.41. The minimum atomic E-state index is 0.674. The Balaban J connectivity index is 1.87. The van der Waals surface area contributed by atoms with Crippen molar-refractivity contribution in [1.82, 2.24) is 0 Å². The Kier molecular flexibility index (Phi) is 1.30. The number of allylic oxidation sites excluding steroid dienone is 2. The molecule has 0 aromatic rings. The van der Waals surface area contributed by atoms with E-state index in [-0.39, 0.29) is 0 Å². The Morgan fingerprint density at radius 3 is 2.73 bits per heavy atom. The predicted molar refractivity (Wildman–Crippen MR) is 62.3 cm³/mol. The molecule has 15 heavy (non-hydrogen) atoms. The SMILES string of the molecule is CC=CC12C(C)C(C)C3CCC4CC1C432. The van der Waals surface area contributed by atoms with E-state index in [2.05, 4.69) is 32.9 Å². The van der Waals surface area contributed by atoms with E-state index in [0.717, 1.165) is 35.0 Å². The van der Waals surface area contributed by atoms with Gasteiger partial charge in [0.25, 0.3) is 0 Å². The lowest BCUT2D eigenvalue weighted by atomic mass is 9.69. The first kappa shape index (κ1) is 8.84. The summed E-state index contributed by atoms with van der Waals surface area (Å²) in [7, 11) is 0. The molecule has 0 bridgehead atoms. The van der Waals surface area contributed by atoms with E-state index < -0.39 is 0 Å². The highest BCUT2D eigenvalue weighted by Gasteiger charge is 2.92. The van der Waals surface area contributed by atoms with Gasteiger partial charge in [0.15, 0.2) is 0 Å². The summed E-state index contributed by atoms with van der Waals surface area (Å²) in [6.07, 6.45) is 9.62. The molecule has 0 radical (unpaired) electrons. The maximum atomic E-state index is 2.62. The molecule has 0 saturated heterocycles. The zero-order valence-corrected chi connectivity index (χ0v) is 10.2. The van der Waals surface area contributed by atoms with Crippen LogP contribution >= 0.6 is 0 Å². The quantitative estimate of drug-likeness (QED) is 0.566. The minimum absolute atomic E-state index is 0.674. The van der Waals surface area contributed by atoms with Gasteiger partial charge in [-0.3, -0.25) is 0 Å². The summed E-state index contributed by atoms with van der Waals surface area (Å²) >= 11 is 0. The van der Waals surface area contributed by atoms with Crippen molar-refractivity contribution < 1.29 is 0 Å². The highest BCUT2D eigenvalue weighted by Crippen LogP contribution is 2.96. The highest BCUT2D eigenvalue weighted by atomic mass is 15.0. The molecule has 0 heterocycles. The number of fused-ring (bicyclic) bond motifs is 1. The topological polar surface area (TPSA) is 0 Å². The van der Waals surface area contributed by atoms with Crippen LogP contribution < -0.4 is 0 Å². The van der Waals surface area contributed by atoms with Gasteiger partial charge in [-0.2, -0.15) is 0 Å². The standard InChI is InChI=1S/C15H22/c1-4-7-14-10(3)9(2)12-6-5-11-8-13(14)15(11,12)14/h4,7,9-13H,5-6,8H2,1-3H3. The molecule has 0 aliphatic heterocycles. The summed E-state index contributed by atoms with van der Waals surface area (Å²) in [5.74, 6) is 5.25. The van der Waals surface area contributed by atoms with Crippen LogP contribution in [0, 0.1) is 40.4 Å². The van der Waals surface area contributed by atoms with E-state index in [4.69, 9.17) is 0 Å². The van der Waals surface area contributed by atoms with Crippen LogP contribution in [0.2, 0.25) is 0 Å². The Labute approximate surface area is 93.1 Å². The summed E-state index contributed by atoms with van der Waals surface area (Å²) < 4.78 is 0. The summed E-state index contributed by atoms with van der Waals surface area (Å²) in [4.78, 5) is 0. The summed E-state index contributed by atoms with van der Waals surface area (Å²) in [5.41, 5.74) is 1.51. The van der Waals surface area contributed by atoms with Crippen molar-refractivity contribution in [2.24, 2.45) is 40.4 Å². The van der Waals surface area contributed by atoms with Crippen molar-refractivity contribution in [3.05, 3.63) is 12.2 Å². The Morgan fingerprint density at radius 1 is 1.20 bits per heavy atom. The first-order valence-corrected chi connectivity index (χ1v) is 6.85. The van der Waals surface area contributed by atoms with Crippen LogP contribution in [0.4, 0.5) is 0 Å². The third-order valence-corrected chi connectivity index (χ3v) is 7.07. The van der Waals surface area contributed by atoms with Crippen molar-refractivity contribution in [3.8, 4) is 0 Å². The van der Waals surface area contributed by atoms with Crippen LogP contribution in [0.25, 0.3) is 0 Å². The second-order valence-electron chi connectivity index (χ2n) is 6.68. The minimum Gasteiger partial charge on any atom is -0.0911 e. The molecule has 0 nitrogen and oxygen atoms in total. The monoisotopic (exact) mass is 202 g/mol. The van der Waals surface area contributed by atoms with E-state index in [0.29, 0.717) is 5.41 Å². The molecule has 4 saturated carbocycles. The van der Waals surface area contributed by atoms with Crippen LogP contribution in [0.1, 0.15) is 40.0 Å². The van der Waals surface area contributed by atoms with Crippen LogP contribution in [-0.2, 0) is 0 Å². The van der Waals surface area contributed by atoms with Crippen molar-refractivity contribution >= 4 is 0 Å². The summed E-state index contributed by atoms with van der Waals surface area (Å²) in [6, 6.07) is 0. The Morgan fingerprint density at radius 2 is 2.00 bits per heavy atom. The van der Waals surface area contributed by atoms with Crippen LogP contribution in [0.15, 0.2) is 12.2 Å². The number of hydrogen-bond donors (Lipinski definition) is 0. The fourth-order valence-electron chi connectivity index (χ4n) is 6.74. The van der Waals surface area contributed by atoms with Gasteiger partial charge in [0.2, 0.25) is 0 Å². The zero-order valence-electron chi connectivity index (χ0n) is 10.2. The highest BCUT2D eigenvalue weighted by molar-refractivity contribution is 5.44. The van der Waals surface area contributed by atoms with Gasteiger partial charge in [-0.1, -0.05) is 26.0 Å². The van der Waals surface area contributed by atoms with E-state index >= 15 is 0 Å². The average molecular weight is 202 g/mol. The van der Waals surface area contributed by atoms with Crippen molar-refractivity contribution in [2.75, 3.05) is 0 Å². The lowest BCUT2D eigenvalue weighted by molar-refractivity contribution is 0.125. The van der Waals surface area contributed by atoms with Gasteiger partial charge in [-0.05, 0) is 61.2 Å². The summed E-state index contributed by atoms with van der Waals surface area (Å²) in [5, 5.41) is 0. The number of hydrogen-bond acceptors (Lipinski definition) is 0. The smallest absolute Gasteiger partial charge is 0.000879 e. The van der Waals surface area contributed by atoms with Crippen LogP contribution in [0.3, 0.4) is 0 Å².